The maximum absolute atomic E-state index is 10.5. The molecule has 0 aromatic heterocycles. The zero-order valence-corrected chi connectivity index (χ0v) is 10.1. The molecule has 3 atom stereocenters. The molecule has 0 aromatic carbocycles. The standard InChI is InChI=1S/C12H23NO2/c1-9-4-5-10(2)13(8-9)11(3)6-7-12(14)15/h9-11H,4-8H2,1-3H3,(H,14,15). The van der Waals surface area contributed by atoms with Crippen molar-refractivity contribution in [2.24, 2.45) is 5.92 Å². The van der Waals surface area contributed by atoms with E-state index in [2.05, 4.69) is 25.7 Å². The molecular formula is C12H23NO2. The Morgan fingerprint density at radius 2 is 2.13 bits per heavy atom. The molecule has 1 heterocycles. The second-order valence-corrected chi connectivity index (χ2v) is 5.01. The Hall–Kier alpha value is -0.570. The van der Waals surface area contributed by atoms with Gasteiger partial charge in [0.25, 0.3) is 0 Å². The lowest BCUT2D eigenvalue weighted by Gasteiger charge is -2.40. The fraction of sp³-hybridized carbons (Fsp3) is 0.917. The van der Waals surface area contributed by atoms with Crippen molar-refractivity contribution in [3.05, 3.63) is 0 Å². The number of hydrogen-bond donors (Lipinski definition) is 1. The first-order valence-electron chi connectivity index (χ1n) is 5.98. The van der Waals surface area contributed by atoms with Crippen LogP contribution in [-0.2, 0) is 4.79 Å². The summed E-state index contributed by atoms with van der Waals surface area (Å²) in [7, 11) is 0. The van der Waals surface area contributed by atoms with Crippen LogP contribution in [-0.4, -0.2) is 34.6 Å². The van der Waals surface area contributed by atoms with E-state index in [0.717, 1.165) is 18.9 Å². The van der Waals surface area contributed by atoms with Gasteiger partial charge in [-0.05, 0) is 39.0 Å². The lowest BCUT2D eigenvalue weighted by Crippen LogP contribution is -2.46. The van der Waals surface area contributed by atoms with Crippen molar-refractivity contribution in [2.45, 2.75) is 58.5 Å². The van der Waals surface area contributed by atoms with Crippen LogP contribution in [0.3, 0.4) is 0 Å². The molecule has 1 fully saturated rings. The van der Waals surface area contributed by atoms with Crippen molar-refractivity contribution in [2.75, 3.05) is 6.54 Å². The number of carbonyl (C=O) groups is 1. The number of carboxylic acids is 1. The molecular weight excluding hydrogens is 190 g/mol. The third-order valence-electron chi connectivity index (χ3n) is 3.51. The van der Waals surface area contributed by atoms with E-state index in [1.54, 1.807) is 0 Å². The lowest BCUT2D eigenvalue weighted by atomic mass is 9.93. The van der Waals surface area contributed by atoms with Crippen molar-refractivity contribution < 1.29 is 9.90 Å². The van der Waals surface area contributed by atoms with Gasteiger partial charge in [0.1, 0.15) is 0 Å². The molecule has 15 heavy (non-hydrogen) atoms. The largest absolute Gasteiger partial charge is 0.481 e. The van der Waals surface area contributed by atoms with Crippen molar-refractivity contribution in [1.82, 2.24) is 4.90 Å². The number of nitrogens with zero attached hydrogens (tertiary/aromatic N) is 1. The monoisotopic (exact) mass is 213 g/mol. The Morgan fingerprint density at radius 1 is 1.47 bits per heavy atom. The summed E-state index contributed by atoms with van der Waals surface area (Å²) in [6, 6.07) is 1.02. The first-order valence-corrected chi connectivity index (χ1v) is 5.98. The summed E-state index contributed by atoms with van der Waals surface area (Å²) in [5.74, 6) is 0.0769. The molecule has 1 saturated heterocycles. The Balaban J connectivity index is 2.41. The minimum absolute atomic E-state index is 0.290. The van der Waals surface area contributed by atoms with Crippen molar-refractivity contribution in [3.63, 3.8) is 0 Å². The summed E-state index contributed by atoms with van der Waals surface area (Å²) in [4.78, 5) is 13.0. The molecule has 1 rings (SSSR count). The van der Waals surface area contributed by atoms with E-state index in [9.17, 15) is 4.79 Å². The summed E-state index contributed by atoms with van der Waals surface area (Å²) in [5, 5.41) is 8.66. The third kappa shape index (κ3) is 3.82. The van der Waals surface area contributed by atoms with Gasteiger partial charge in [-0.25, -0.2) is 0 Å². The quantitative estimate of drug-likeness (QED) is 0.779. The molecule has 1 N–H and O–H groups in total. The first kappa shape index (κ1) is 12.5. The predicted molar refractivity (Wildman–Crippen MR) is 60.9 cm³/mol. The van der Waals surface area contributed by atoms with Gasteiger partial charge in [-0.1, -0.05) is 6.92 Å². The molecule has 0 bridgehead atoms. The van der Waals surface area contributed by atoms with Crippen LogP contribution in [0.25, 0.3) is 0 Å². The number of carboxylic acid groups (broad SMARTS) is 1. The molecule has 3 unspecified atom stereocenters. The van der Waals surface area contributed by atoms with Crippen LogP contribution < -0.4 is 0 Å². The van der Waals surface area contributed by atoms with E-state index < -0.39 is 5.97 Å². The van der Waals surface area contributed by atoms with Gasteiger partial charge in [0.05, 0.1) is 0 Å². The summed E-state index contributed by atoms with van der Waals surface area (Å²) in [6.45, 7) is 7.81. The molecule has 1 aliphatic rings. The van der Waals surface area contributed by atoms with E-state index in [1.807, 2.05) is 0 Å². The Morgan fingerprint density at radius 3 is 2.73 bits per heavy atom. The van der Waals surface area contributed by atoms with Crippen LogP contribution in [0, 0.1) is 5.92 Å². The van der Waals surface area contributed by atoms with Crippen molar-refractivity contribution in [3.8, 4) is 0 Å². The fourth-order valence-corrected chi connectivity index (χ4v) is 2.44. The molecule has 0 radical (unpaired) electrons. The van der Waals surface area contributed by atoms with Crippen LogP contribution in [0.2, 0.25) is 0 Å². The zero-order valence-electron chi connectivity index (χ0n) is 10.1. The molecule has 3 nitrogen and oxygen atoms in total. The van der Waals surface area contributed by atoms with Gasteiger partial charge in [0.15, 0.2) is 0 Å². The average molecular weight is 213 g/mol. The fourth-order valence-electron chi connectivity index (χ4n) is 2.44. The van der Waals surface area contributed by atoms with Crippen LogP contribution in [0.15, 0.2) is 0 Å². The lowest BCUT2D eigenvalue weighted by molar-refractivity contribution is -0.137. The van der Waals surface area contributed by atoms with E-state index in [4.69, 9.17) is 5.11 Å². The van der Waals surface area contributed by atoms with Gasteiger partial charge in [-0.3, -0.25) is 9.69 Å². The number of likely N-dealkylation sites (tertiary alicyclic amines) is 1. The van der Waals surface area contributed by atoms with E-state index in [-0.39, 0.29) is 0 Å². The molecule has 88 valence electrons. The van der Waals surface area contributed by atoms with E-state index in [0.29, 0.717) is 18.5 Å². The summed E-state index contributed by atoms with van der Waals surface area (Å²) < 4.78 is 0. The van der Waals surface area contributed by atoms with Gasteiger partial charge in [-0.2, -0.15) is 0 Å². The summed E-state index contributed by atoms with van der Waals surface area (Å²) >= 11 is 0. The first-order chi connectivity index (χ1) is 7.00. The van der Waals surface area contributed by atoms with Crippen LogP contribution in [0.5, 0.6) is 0 Å². The highest BCUT2D eigenvalue weighted by molar-refractivity contribution is 5.66. The van der Waals surface area contributed by atoms with Crippen LogP contribution >= 0.6 is 0 Å². The minimum Gasteiger partial charge on any atom is -0.481 e. The number of piperidine rings is 1. The normalized spacial score (nSPS) is 30.1. The Labute approximate surface area is 92.5 Å². The number of rotatable bonds is 4. The predicted octanol–water partition coefficient (Wildman–Crippen LogP) is 2.36. The molecule has 0 aliphatic carbocycles. The number of aliphatic carboxylic acids is 1. The van der Waals surface area contributed by atoms with Gasteiger partial charge < -0.3 is 5.11 Å². The van der Waals surface area contributed by atoms with Crippen LogP contribution in [0.4, 0.5) is 0 Å². The Bertz CT molecular complexity index is 218. The SMILES string of the molecule is CC1CCC(C)N(C(C)CCC(=O)O)C1. The van der Waals surface area contributed by atoms with Crippen LogP contribution in [0.1, 0.15) is 46.5 Å². The molecule has 1 aliphatic heterocycles. The molecule has 0 aromatic rings. The van der Waals surface area contributed by atoms with Gasteiger partial charge in [0.2, 0.25) is 0 Å². The summed E-state index contributed by atoms with van der Waals surface area (Å²) in [5.41, 5.74) is 0. The van der Waals surface area contributed by atoms with Gasteiger partial charge >= 0.3 is 5.97 Å². The Kier molecular flexibility index (Phi) is 4.58. The summed E-state index contributed by atoms with van der Waals surface area (Å²) in [6.07, 6.45) is 3.62. The topological polar surface area (TPSA) is 40.5 Å². The van der Waals surface area contributed by atoms with E-state index in [1.165, 1.54) is 12.8 Å². The average Bonchev–Trinajstić information content (AvgIpc) is 2.18. The number of hydrogen-bond acceptors (Lipinski definition) is 2. The highest BCUT2D eigenvalue weighted by Gasteiger charge is 2.26. The second-order valence-electron chi connectivity index (χ2n) is 5.01. The van der Waals surface area contributed by atoms with E-state index >= 15 is 0 Å². The minimum atomic E-state index is -0.681. The molecule has 3 heteroatoms. The third-order valence-corrected chi connectivity index (χ3v) is 3.51. The molecule has 0 spiro atoms. The zero-order chi connectivity index (χ0) is 11.4. The van der Waals surface area contributed by atoms with Crippen molar-refractivity contribution in [1.29, 1.82) is 0 Å². The van der Waals surface area contributed by atoms with Gasteiger partial charge in [-0.15, -0.1) is 0 Å². The highest BCUT2D eigenvalue weighted by atomic mass is 16.4. The molecule has 0 saturated carbocycles. The van der Waals surface area contributed by atoms with Crippen molar-refractivity contribution >= 4 is 5.97 Å². The maximum Gasteiger partial charge on any atom is 0.303 e. The second kappa shape index (κ2) is 5.50. The molecule has 0 amide bonds. The van der Waals surface area contributed by atoms with Gasteiger partial charge in [0, 0.05) is 25.0 Å². The highest BCUT2D eigenvalue weighted by Crippen LogP contribution is 2.24. The smallest absolute Gasteiger partial charge is 0.303 e. The maximum atomic E-state index is 10.5.